The van der Waals surface area contributed by atoms with Gasteiger partial charge in [-0.25, -0.2) is 0 Å². The van der Waals surface area contributed by atoms with Crippen molar-refractivity contribution in [1.82, 2.24) is 19.9 Å². The summed E-state index contributed by atoms with van der Waals surface area (Å²) < 4.78 is 5.22. The number of amides is 1. The fraction of sp³-hybridized carbons (Fsp3) is 0.824. The lowest BCUT2D eigenvalue weighted by molar-refractivity contribution is -0.138. The number of aryl methyl sites for hydroxylation is 1. The third kappa shape index (κ3) is 4.10. The van der Waals surface area contributed by atoms with Crippen LogP contribution >= 0.6 is 0 Å². The third-order valence-corrected chi connectivity index (χ3v) is 5.26. The number of hydrogen-bond donors (Lipinski definition) is 0. The van der Waals surface area contributed by atoms with Gasteiger partial charge in [-0.1, -0.05) is 18.0 Å². The molecule has 0 N–H and O–H groups in total. The smallest absolute Gasteiger partial charge is 0.239 e. The number of hydrogen-bond acceptors (Lipinski definition) is 5. The molecule has 0 bridgehead atoms. The summed E-state index contributed by atoms with van der Waals surface area (Å²) in [7, 11) is 2.10. The molecule has 2 aliphatic rings. The van der Waals surface area contributed by atoms with Crippen LogP contribution in [-0.2, 0) is 11.2 Å². The highest BCUT2D eigenvalue weighted by atomic mass is 16.5. The Labute approximate surface area is 138 Å². The SMILES string of the molecule is Cc1noc(CC2CCN(C(=O)[C@H]3CCCCCN3C)CC2)n1. The quantitative estimate of drug-likeness (QED) is 0.853. The van der Waals surface area contributed by atoms with Crippen LogP contribution in [0, 0.1) is 12.8 Å². The van der Waals surface area contributed by atoms with Crippen LogP contribution in [0.5, 0.6) is 0 Å². The molecule has 2 saturated heterocycles. The van der Waals surface area contributed by atoms with Gasteiger partial charge in [-0.2, -0.15) is 4.98 Å². The van der Waals surface area contributed by atoms with Gasteiger partial charge in [0, 0.05) is 19.5 Å². The van der Waals surface area contributed by atoms with Crippen molar-refractivity contribution >= 4 is 5.91 Å². The molecule has 2 aliphatic heterocycles. The lowest BCUT2D eigenvalue weighted by Crippen LogP contribution is -2.49. The van der Waals surface area contributed by atoms with Crippen molar-refractivity contribution in [2.45, 2.75) is 57.9 Å². The maximum Gasteiger partial charge on any atom is 0.239 e. The molecule has 23 heavy (non-hydrogen) atoms. The normalized spacial score (nSPS) is 24.6. The highest BCUT2D eigenvalue weighted by Crippen LogP contribution is 2.24. The van der Waals surface area contributed by atoms with Crippen molar-refractivity contribution in [1.29, 1.82) is 0 Å². The number of nitrogens with zero attached hydrogens (tertiary/aromatic N) is 4. The number of rotatable bonds is 3. The summed E-state index contributed by atoms with van der Waals surface area (Å²) in [4.78, 5) is 21.4. The second kappa shape index (κ2) is 7.43. The molecule has 6 nitrogen and oxygen atoms in total. The molecule has 0 aromatic carbocycles. The molecule has 1 amide bonds. The Morgan fingerprint density at radius 3 is 2.65 bits per heavy atom. The van der Waals surface area contributed by atoms with Crippen LogP contribution in [0.4, 0.5) is 0 Å². The van der Waals surface area contributed by atoms with Crippen LogP contribution in [0.15, 0.2) is 4.52 Å². The molecular formula is C17H28N4O2. The number of piperidine rings is 1. The van der Waals surface area contributed by atoms with Gasteiger partial charge in [-0.3, -0.25) is 9.69 Å². The average molecular weight is 320 g/mol. The van der Waals surface area contributed by atoms with Crippen LogP contribution < -0.4 is 0 Å². The molecule has 1 atom stereocenters. The van der Waals surface area contributed by atoms with E-state index in [1.807, 2.05) is 6.92 Å². The summed E-state index contributed by atoms with van der Waals surface area (Å²) in [5.41, 5.74) is 0. The molecule has 0 saturated carbocycles. The molecule has 0 radical (unpaired) electrons. The topological polar surface area (TPSA) is 62.5 Å². The van der Waals surface area contributed by atoms with Crippen LogP contribution in [0.3, 0.4) is 0 Å². The molecule has 1 aromatic heterocycles. The standard InChI is InChI=1S/C17H28N4O2/c1-13-18-16(23-19-13)12-14-7-10-21(11-8-14)17(22)15-6-4-3-5-9-20(15)2/h14-15H,3-12H2,1-2H3/t15-/m1/s1. The first-order chi connectivity index (χ1) is 11.1. The van der Waals surface area contributed by atoms with Gasteiger partial charge in [0.1, 0.15) is 0 Å². The van der Waals surface area contributed by atoms with Crippen molar-refractivity contribution < 1.29 is 9.32 Å². The number of likely N-dealkylation sites (N-methyl/N-ethyl adjacent to an activating group) is 1. The van der Waals surface area contributed by atoms with E-state index in [1.165, 1.54) is 19.3 Å². The zero-order chi connectivity index (χ0) is 16.2. The molecule has 1 aromatic rings. The average Bonchev–Trinajstić information content (AvgIpc) is 2.83. The second-order valence-electron chi connectivity index (χ2n) is 7.05. The van der Waals surface area contributed by atoms with Crippen molar-refractivity contribution in [3.8, 4) is 0 Å². The van der Waals surface area contributed by atoms with E-state index >= 15 is 0 Å². The molecule has 2 fully saturated rings. The number of carbonyl (C=O) groups excluding carboxylic acids is 1. The van der Waals surface area contributed by atoms with Gasteiger partial charge >= 0.3 is 0 Å². The van der Waals surface area contributed by atoms with Crippen molar-refractivity contribution in [3.63, 3.8) is 0 Å². The minimum absolute atomic E-state index is 0.0904. The van der Waals surface area contributed by atoms with Crippen molar-refractivity contribution in [2.75, 3.05) is 26.7 Å². The zero-order valence-corrected chi connectivity index (χ0v) is 14.3. The third-order valence-electron chi connectivity index (χ3n) is 5.26. The van der Waals surface area contributed by atoms with Crippen LogP contribution in [0.1, 0.15) is 50.2 Å². The monoisotopic (exact) mass is 320 g/mol. The van der Waals surface area contributed by atoms with E-state index in [0.717, 1.165) is 51.2 Å². The Balaban J connectivity index is 1.50. The first kappa shape index (κ1) is 16.4. The van der Waals surface area contributed by atoms with Gasteiger partial charge in [-0.15, -0.1) is 0 Å². The van der Waals surface area contributed by atoms with Crippen LogP contribution in [-0.4, -0.2) is 58.6 Å². The minimum Gasteiger partial charge on any atom is -0.341 e. The Morgan fingerprint density at radius 1 is 1.17 bits per heavy atom. The van der Waals surface area contributed by atoms with Crippen molar-refractivity contribution in [3.05, 3.63) is 11.7 Å². The summed E-state index contributed by atoms with van der Waals surface area (Å²) >= 11 is 0. The van der Waals surface area contributed by atoms with Gasteiger partial charge < -0.3 is 9.42 Å². The highest BCUT2D eigenvalue weighted by molar-refractivity contribution is 5.82. The van der Waals surface area contributed by atoms with Gasteiger partial charge in [-0.05, 0) is 52.1 Å². The van der Waals surface area contributed by atoms with Gasteiger partial charge in [0.25, 0.3) is 0 Å². The Kier molecular flexibility index (Phi) is 5.30. The molecule has 3 heterocycles. The van der Waals surface area contributed by atoms with Crippen molar-refractivity contribution in [2.24, 2.45) is 5.92 Å². The first-order valence-corrected chi connectivity index (χ1v) is 8.91. The lowest BCUT2D eigenvalue weighted by atomic mass is 9.93. The van der Waals surface area contributed by atoms with E-state index < -0.39 is 0 Å². The number of likely N-dealkylation sites (tertiary alicyclic amines) is 2. The first-order valence-electron chi connectivity index (χ1n) is 8.91. The minimum atomic E-state index is 0.0904. The van der Waals surface area contributed by atoms with E-state index in [2.05, 4.69) is 27.0 Å². The highest BCUT2D eigenvalue weighted by Gasteiger charge is 2.31. The van der Waals surface area contributed by atoms with E-state index in [1.54, 1.807) is 0 Å². The maximum absolute atomic E-state index is 12.8. The molecule has 3 rings (SSSR count). The number of carbonyl (C=O) groups is 1. The van der Waals surface area contributed by atoms with E-state index in [4.69, 9.17) is 4.52 Å². The molecule has 0 spiro atoms. The predicted octanol–water partition coefficient (Wildman–Crippen LogP) is 2.03. The number of aromatic nitrogens is 2. The molecule has 0 aliphatic carbocycles. The predicted molar refractivity (Wildman–Crippen MR) is 86.9 cm³/mol. The Morgan fingerprint density at radius 2 is 1.96 bits per heavy atom. The summed E-state index contributed by atoms with van der Waals surface area (Å²) in [5.74, 6) is 2.31. The molecular weight excluding hydrogens is 292 g/mol. The van der Waals surface area contributed by atoms with Gasteiger partial charge in [0.2, 0.25) is 11.8 Å². The van der Waals surface area contributed by atoms with Crippen LogP contribution in [0.2, 0.25) is 0 Å². The summed E-state index contributed by atoms with van der Waals surface area (Å²) in [5, 5.41) is 3.85. The van der Waals surface area contributed by atoms with E-state index in [9.17, 15) is 4.79 Å². The molecule has 6 heteroatoms. The van der Waals surface area contributed by atoms with E-state index in [0.29, 0.717) is 17.6 Å². The Bertz CT molecular complexity index is 522. The Hall–Kier alpha value is -1.43. The largest absolute Gasteiger partial charge is 0.341 e. The summed E-state index contributed by atoms with van der Waals surface area (Å²) in [6, 6.07) is 0.0904. The zero-order valence-electron chi connectivity index (χ0n) is 14.3. The summed E-state index contributed by atoms with van der Waals surface area (Å²) in [6.45, 7) is 4.61. The second-order valence-corrected chi connectivity index (χ2v) is 7.05. The fourth-order valence-corrected chi connectivity index (χ4v) is 3.80. The molecule has 0 unspecified atom stereocenters. The van der Waals surface area contributed by atoms with Gasteiger partial charge in [0.05, 0.1) is 6.04 Å². The fourth-order valence-electron chi connectivity index (χ4n) is 3.80. The lowest BCUT2D eigenvalue weighted by Gasteiger charge is -2.36. The van der Waals surface area contributed by atoms with Gasteiger partial charge in [0.15, 0.2) is 5.82 Å². The summed E-state index contributed by atoms with van der Waals surface area (Å²) in [6.07, 6.45) is 7.55. The molecule has 128 valence electrons. The van der Waals surface area contributed by atoms with Crippen LogP contribution in [0.25, 0.3) is 0 Å². The van der Waals surface area contributed by atoms with E-state index in [-0.39, 0.29) is 6.04 Å². The maximum atomic E-state index is 12.8.